The molecule has 0 amide bonds. The molecule has 0 saturated heterocycles. The van der Waals surface area contributed by atoms with E-state index in [9.17, 15) is 21.2 Å². The number of primary sulfonamides is 1. The van der Waals surface area contributed by atoms with Gasteiger partial charge in [-0.3, -0.25) is 0 Å². The van der Waals surface area contributed by atoms with Crippen LogP contribution in [0.5, 0.6) is 0 Å². The van der Waals surface area contributed by atoms with Crippen molar-refractivity contribution >= 4 is 43.2 Å². The first-order valence-electron chi connectivity index (χ1n) is 8.88. The zero-order valence-corrected chi connectivity index (χ0v) is 17.9. The zero-order valence-electron chi connectivity index (χ0n) is 16.3. The van der Waals surface area contributed by atoms with Crippen molar-refractivity contribution in [2.45, 2.75) is 17.7 Å². The normalized spacial score (nSPS) is 17.3. The van der Waals surface area contributed by atoms with Gasteiger partial charge in [-0.05, 0) is 49.7 Å². The van der Waals surface area contributed by atoms with Crippen LogP contribution in [0.4, 0.5) is 21.8 Å². The fraction of sp³-hybridized carbons (Fsp3) is 0.167. The summed E-state index contributed by atoms with van der Waals surface area (Å²) in [4.78, 5) is 11.9. The van der Waals surface area contributed by atoms with Crippen LogP contribution in [0.25, 0.3) is 0 Å². The Balaban J connectivity index is 1.83. The van der Waals surface area contributed by atoms with Crippen molar-refractivity contribution < 1.29 is 21.2 Å². The summed E-state index contributed by atoms with van der Waals surface area (Å²) in [5.41, 5.74) is 1.45. The molecule has 164 valence electrons. The van der Waals surface area contributed by atoms with E-state index in [1.54, 1.807) is 18.2 Å². The molecule has 1 aromatic carbocycles. The van der Waals surface area contributed by atoms with Gasteiger partial charge < -0.3 is 5.32 Å². The molecule has 0 unspecified atom stereocenters. The minimum atomic E-state index is -3.89. The monoisotopic (exact) mass is 466 g/mol. The van der Waals surface area contributed by atoms with Crippen LogP contribution in [0.2, 0.25) is 0 Å². The van der Waals surface area contributed by atoms with Gasteiger partial charge in [0.1, 0.15) is 0 Å². The Labute approximate surface area is 178 Å². The molecule has 1 heterocycles. The van der Waals surface area contributed by atoms with Crippen molar-refractivity contribution in [2.24, 2.45) is 10.1 Å². The number of nitrogens with two attached hydrogens (primary N) is 1. The van der Waals surface area contributed by atoms with E-state index < -0.39 is 25.9 Å². The molecule has 1 aliphatic rings. The molecule has 0 atom stereocenters. The van der Waals surface area contributed by atoms with Crippen LogP contribution in [0.1, 0.15) is 12.8 Å². The summed E-state index contributed by atoms with van der Waals surface area (Å²) in [7, 11) is -6.05. The van der Waals surface area contributed by atoms with Gasteiger partial charge >= 0.3 is 0 Å². The van der Waals surface area contributed by atoms with Gasteiger partial charge in [-0.25, -0.2) is 41.1 Å². The molecule has 3 rings (SSSR count). The summed E-state index contributed by atoms with van der Waals surface area (Å²) in [6, 6.07) is 5.69. The van der Waals surface area contributed by atoms with E-state index in [0.29, 0.717) is 29.8 Å². The minimum Gasteiger partial charge on any atom is -0.324 e. The van der Waals surface area contributed by atoms with Gasteiger partial charge in [0.15, 0.2) is 11.6 Å². The van der Waals surface area contributed by atoms with Crippen molar-refractivity contribution in [3.8, 4) is 0 Å². The largest absolute Gasteiger partial charge is 0.324 e. The maximum Gasteiger partial charge on any atom is 0.238 e. The first kappa shape index (κ1) is 22.7. The Bertz CT molecular complexity index is 1300. The summed E-state index contributed by atoms with van der Waals surface area (Å²) in [5.74, 6) is -0.952. The molecular formula is C18H19FN6O4S2. The highest BCUT2D eigenvalue weighted by molar-refractivity contribution is 7.92. The van der Waals surface area contributed by atoms with E-state index in [2.05, 4.69) is 25.0 Å². The highest BCUT2D eigenvalue weighted by Crippen LogP contribution is 2.23. The summed E-state index contributed by atoms with van der Waals surface area (Å²) < 4.78 is 62.5. The average Bonchev–Trinajstić information content (AvgIpc) is 2.71. The number of rotatable bonds is 6. The number of nitrogens with zero attached hydrogens (tertiary/aromatic N) is 3. The lowest BCUT2D eigenvalue weighted by Crippen LogP contribution is -2.16. The fourth-order valence-electron chi connectivity index (χ4n) is 2.60. The van der Waals surface area contributed by atoms with Gasteiger partial charge in [0, 0.05) is 16.8 Å². The molecule has 0 bridgehead atoms. The summed E-state index contributed by atoms with van der Waals surface area (Å²) in [5, 5.41) is 9.03. The molecular weight excluding hydrogens is 447 g/mol. The van der Waals surface area contributed by atoms with E-state index in [4.69, 9.17) is 5.14 Å². The lowest BCUT2D eigenvalue weighted by atomic mass is 10.0. The first-order valence-corrected chi connectivity index (χ1v) is 12.0. The van der Waals surface area contributed by atoms with E-state index in [-0.39, 0.29) is 16.7 Å². The molecule has 1 aromatic heterocycles. The van der Waals surface area contributed by atoms with E-state index in [0.717, 1.165) is 11.6 Å². The van der Waals surface area contributed by atoms with Crippen LogP contribution in [0.3, 0.4) is 0 Å². The number of nitrogens with one attached hydrogen (secondary N) is 2. The molecule has 0 spiro atoms. The first-order chi connectivity index (χ1) is 14.6. The van der Waals surface area contributed by atoms with E-state index >= 15 is 0 Å². The standard InChI is InChI=1S/C18H19FN6O4S2/c1-21-30(26,27)11-12-5-7-13(8-6-12)23-17-16(19)10-22-18(25-17)24-14-3-2-4-15(9-14)31(20,28)29/h2-5,7,9-11,21H,6,8H2,1H3,(H2,20,28,29)(H,22,24,25). The van der Waals surface area contributed by atoms with Gasteiger partial charge in [0.2, 0.25) is 26.0 Å². The molecule has 13 heteroatoms. The van der Waals surface area contributed by atoms with Crippen LogP contribution >= 0.6 is 0 Å². The lowest BCUT2D eigenvalue weighted by molar-refractivity contribution is 0.595. The molecule has 0 radical (unpaired) electrons. The van der Waals surface area contributed by atoms with Crippen molar-refractivity contribution in [3.63, 3.8) is 0 Å². The third-order valence-electron chi connectivity index (χ3n) is 4.14. The van der Waals surface area contributed by atoms with Crippen LogP contribution in [0.15, 0.2) is 63.5 Å². The number of sulfonamides is 2. The smallest absolute Gasteiger partial charge is 0.238 e. The van der Waals surface area contributed by atoms with E-state index in [1.165, 1.54) is 25.2 Å². The Hall–Kier alpha value is -3.00. The Morgan fingerprint density at radius 3 is 2.61 bits per heavy atom. The SMILES string of the molecule is CNS(=O)(=O)C=C1C=CC(=Nc2nc(Nc3cccc(S(N)(=O)=O)c3)ncc2F)CC1. The average molecular weight is 467 g/mol. The topological polar surface area (TPSA) is 156 Å². The zero-order chi connectivity index (χ0) is 22.6. The molecule has 2 aromatic rings. The van der Waals surface area contributed by atoms with Crippen LogP contribution in [-0.2, 0) is 20.0 Å². The molecule has 0 aliphatic heterocycles. The maximum atomic E-state index is 14.1. The van der Waals surface area contributed by atoms with Crippen LogP contribution in [0, 0.1) is 5.82 Å². The highest BCUT2D eigenvalue weighted by Gasteiger charge is 2.13. The van der Waals surface area contributed by atoms with Gasteiger partial charge in [-0.2, -0.15) is 4.98 Å². The summed E-state index contributed by atoms with van der Waals surface area (Å²) in [6.45, 7) is 0. The lowest BCUT2D eigenvalue weighted by Gasteiger charge is -2.11. The van der Waals surface area contributed by atoms with Crippen LogP contribution in [-0.4, -0.2) is 39.6 Å². The predicted octanol–water partition coefficient (Wildman–Crippen LogP) is 1.86. The predicted molar refractivity (Wildman–Crippen MR) is 115 cm³/mol. The molecule has 31 heavy (non-hydrogen) atoms. The van der Waals surface area contributed by atoms with Crippen molar-refractivity contribution in [1.29, 1.82) is 0 Å². The van der Waals surface area contributed by atoms with Gasteiger partial charge in [-0.15, -0.1) is 0 Å². The Morgan fingerprint density at radius 2 is 1.97 bits per heavy atom. The second kappa shape index (κ2) is 9.01. The third-order valence-corrected chi connectivity index (χ3v) is 6.24. The van der Waals surface area contributed by atoms with Gasteiger partial charge in [-0.1, -0.05) is 12.1 Å². The number of aliphatic imine (C=N–C) groups is 1. The molecule has 4 N–H and O–H groups in total. The van der Waals surface area contributed by atoms with Crippen molar-refractivity contribution in [1.82, 2.24) is 14.7 Å². The molecule has 0 fully saturated rings. The summed E-state index contributed by atoms with van der Waals surface area (Å²) in [6.07, 6.45) is 4.92. The quantitative estimate of drug-likeness (QED) is 0.586. The van der Waals surface area contributed by atoms with Crippen molar-refractivity contribution in [2.75, 3.05) is 12.4 Å². The molecule has 10 nitrogen and oxygen atoms in total. The van der Waals surface area contributed by atoms with Gasteiger partial charge in [0.05, 0.1) is 11.1 Å². The van der Waals surface area contributed by atoms with Crippen molar-refractivity contribution in [3.05, 3.63) is 59.4 Å². The van der Waals surface area contributed by atoms with Gasteiger partial charge in [0.25, 0.3) is 0 Å². The van der Waals surface area contributed by atoms with Crippen LogP contribution < -0.4 is 15.2 Å². The van der Waals surface area contributed by atoms with E-state index in [1.807, 2.05) is 0 Å². The fourth-order valence-corrected chi connectivity index (χ4v) is 3.88. The molecule has 1 aliphatic carbocycles. The highest BCUT2D eigenvalue weighted by atomic mass is 32.2. The number of benzene rings is 1. The number of hydrogen-bond acceptors (Lipinski definition) is 8. The third kappa shape index (κ3) is 6.24. The number of halogens is 1. The second-order valence-electron chi connectivity index (χ2n) is 6.44. The minimum absolute atomic E-state index is 0.00723. The number of hydrogen-bond donors (Lipinski definition) is 3. The second-order valence-corrected chi connectivity index (χ2v) is 9.74. The number of anilines is 2. The Morgan fingerprint density at radius 1 is 1.19 bits per heavy atom. The molecule has 0 saturated carbocycles. The Kier molecular flexibility index (Phi) is 6.59. The summed E-state index contributed by atoms with van der Waals surface area (Å²) >= 11 is 0. The number of allylic oxidation sites excluding steroid dienone is 3. The maximum absolute atomic E-state index is 14.1. The number of aromatic nitrogens is 2.